The number of hydrogen-bond acceptors (Lipinski definition) is 2. The Morgan fingerprint density at radius 2 is 1.92 bits per heavy atom. The zero-order valence-corrected chi connectivity index (χ0v) is 6.17. The monoisotopic (exact) mass is 174 g/mol. The smallest absolute Gasteiger partial charge is 0.242 e. The fourth-order valence-electron chi connectivity index (χ4n) is 0.909. The Labute approximate surface area is 68.1 Å². The lowest BCUT2D eigenvalue weighted by Gasteiger charge is -2.04. The highest BCUT2D eigenvalue weighted by molar-refractivity contribution is 5.44. The zero-order chi connectivity index (χ0) is 9.14. The van der Waals surface area contributed by atoms with E-state index in [0.717, 1.165) is 0 Å². The predicted molar refractivity (Wildman–Crippen MR) is 39.5 cm³/mol. The molecule has 66 valence electrons. The van der Waals surface area contributed by atoms with Crippen LogP contribution < -0.4 is 0 Å². The number of benzene rings is 1. The summed E-state index contributed by atoms with van der Waals surface area (Å²) in [5.41, 5.74) is 0.0602. The van der Waals surface area contributed by atoms with Gasteiger partial charge in [-0.3, -0.25) is 0 Å². The van der Waals surface area contributed by atoms with Gasteiger partial charge >= 0.3 is 0 Å². The van der Waals surface area contributed by atoms with E-state index in [1.807, 2.05) is 0 Å². The van der Waals surface area contributed by atoms with Gasteiger partial charge in [-0.25, -0.2) is 8.78 Å². The maximum atomic E-state index is 11.8. The van der Waals surface area contributed by atoms with Crippen LogP contribution in [0.3, 0.4) is 0 Å². The minimum absolute atomic E-state index is 0.0602. The van der Waals surface area contributed by atoms with Crippen molar-refractivity contribution in [1.29, 1.82) is 0 Å². The van der Waals surface area contributed by atoms with Crippen LogP contribution in [0.2, 0.25) is 0 Å². The molecule has 0 saturated carbocycles. The number of para-hydroxylation sites is 1. The van der Waals surface area contributed by atoms with Crippen LogP contribution in [0.1, 0.15) is 5.56 Å². The lowest BCUT2D eigenvalue weighted by molar-refractivity contribution is 0.148. The summed E-state index contributed by atoms with van der Waals surface area (Å²) in [6.07, 6.45) is -3.06. The molecule has 0 spiro atoms. The first-order chi connectivity index (χ1) is 5.61. The summed E-state index contributed by atoms with van der Waals surface area (Å²) in [5.74, 6) is -0.828. The average molecular weight is 174 g/mol. The molecule has 1 aromatic carbocycles. The summed E-state index contributed by atoms with van der Waals surface area (Å²) in [7, 11) is 0. The molecule has 0 radical (unpaired) electrons. The van der Waals surface area contributed by atoms with Gasteiger partial charge in [0.05, 0.1) is 0 Å². The van der Waals surface area contributed by atoms with E-state index < -0.39 is 18.6 Å². The molecule has 0 heterocycles. The second kappa shape index (κ2) is 3.38. The van der Waals surface area contributed by atoms with Crippen LogP contribution in [0, 0.1) is 0 Å². The molecule has 0 aliphatic heterocycles. The molecule has 2 nitrogen and oxygen atoms in total. The lowest BCUT2D eigenvalue weighted by Crippen LogP contribution is -1.96. The topological polar surface area (TPSA) is 40.5 Å². The third-order valence-corrected chi connectivity index (χ3v) is 1.47. The molecule has 1 rings (SSSR count). The van der Waals surface area contributed by atoms with E-state index in [4.69, 9.17) is 10.2 Å². The maximum Gasteiger partial charge on any atom is 0.242 e. The molecule has 4 heteroatoms. The first-order valence-corrected chi connectivity index (χ1v) is 3.39. The van der Waals surface area contributed by atoms with Gasteiger partial charge in [-0.05, 0) is 6.07 Å². The SMILES string of the molecule is Oc1cccc(CC(F)F)c1O. The first-order valence-electron chi connectivity index (χ1n) is 3.39. The molecule has 0 aromatic heterocycles. The quantitative estimate of drug-likeness (QED) is 0.672. The summed E-state index contributed by atoms with van der Waals surface area (Å²) in [5, 5.41) is 18.0. The minimum Gasteiger partial charge on any atom is -0.504 e. The van der Waals surface area contributed by atoms with Crippen molar-refractivity contribution in [2.24, 2.45) is 0 Å². The van der Waals surface area contributed by atoms with Crippen LogP contribution >= 0.6 is 0 Å². The van der Waals surface area contributed by atoms with Crippen molar-refractivity contribution in [3.8, 4) is 11.5 Å². The first kappa shape index (κ1) is 8.77. The number of alkyl halides is 2. The molecule has 12 heavy (non-hydrogen) atoms. The number of halogens is 2. The van der Waals surface area contributed by atoms with Gasteiger partial charge in [0.15, 0.2) is 11.5 Å². The van der Waals surface area contributed by atoms with Crippen molar-refractivity contribution in [3.05, 3.63) is 23.8 Å². The van der Waals surface area contributed by atoms with Crippen LogP contribution in [-0.2, 0) is 6.42 Å². The van der Waals surface area contributed by atoms with Crippen LogP contribution in [0.5, 0.6) is 11.5 Å². The molecule has 1 aromatic rings. The summed E-state index contributed by atoms with van der Waals surface area (Å²) in [6.45, 7) is 0. The highest BCUT2D eigenvalue weighted by Gasteiger charge is 2.10. The lowest BCUT2D eigenvalue weighted by atomic mass is 10.1. The molecule has 0 aliphatic carbocycles. The predicted octanol–water partition coefficient (Wildman–Crippen LogP) is 1.91. The third kappa shape index (κ3) is 1.84. The highest BCUT2D eigenvalue weighted by Crippen LogP contribution is 2.29. The second-order valence-electron chi connectivity index (χ2n) is 2.38. The number of aromatic hydroxyl groups is 2. The summed E-state index contributed by atoms with van der Waals surface area (Å²) in [6, 6.07) is 4.00. The molecule has 0 aliphatic rings. The number of phenolic OH excluding ortho intramolecular Hbond substituents is 2. The number of hydrogen-bond donors (Lipinski definition) is 2. The van der Waals surface area contributed by atoms with E-state index in [-0.39, 0.29) is 11.3 Å². The van der Waals surface area contributed by atoms with Gasteiger partial charge in [0.1, 0.15) is 0 Å². The van der Waals surface area contributed by atoms with E-state index >= 15 is 0 Å². The molecule has 0 unspecified atom stereocenters. The van der Waals surface area contributed by atoms with Crippen molar-refractivity contribution < 1.29 is 19.0 Å². The largest absolute Gasteiger partial charge is 0.504 e. The van der Waals surface area contributed by atoms with Gasteiger partial charge < -0.3 is 10.2 Å². The third-order valence-electron chi connectivity index (χ3n) is 1.47. The zero-order valence-electron chi connectivity index (χ0n) is 6.17. The van der Waals surface area contributed by atoms with Gasteiger partial charge in [-0.15, -0.1) is 0 Å². The Hall–Kier alpha value is -1.32. The van der Waals surface area contributed by atoms with Crippen molar-refractivity contribution >= 4 is 0 Å². The van der Waals surface area contributed by atoms with Crippen LogP contribution in [-0.4, -0.2) is 16.6 Å². The van der Waals surface area contributed by atoms with Crippen molar-refractivity contribution in [3.63, 3.8) is 0 Å². The van der Waals surface area contributed by atoms with E-state index in [9.17, 15) is 8.78 Å². The maximum absolute atomic E-state index is 11.8. The molecule has 2 N–H and O–H groups in total. The fraction of sp³-hybridized carbons (Fsp3) is 0.250. The fourth-order valence-corrected chi connectivity index (χ4v) is 0.909. The van der Waals surface area contributed by atoms with Gasteiger partial charge in [-0.1, -0.05) is 12.1 Å². The molecule has 0 saturated heterocycles. The van der Waals surface area contributed by atoms with Gasteiger partial charge in [0, 0.05) is 12.0 Å². The Morgan fingerprint density at radius 3 is 2.50 bits per heavy atom. The molecular formula is C8H8F2O2. The van der Waals surface area contributed by atoms with Gasteiger partial charge in [-0.2, -0.15) is 0 Å². The molecule has 0 atom stereocenters. The standard InChI is InChI=1S/C8H8F2O2/c9-7(10)4-5-2-1-3-6(11)8(5)12/h1-3,7,11-12H,4H2. The average Bonchev–Trinajstić information content (AvgIpc) is 1.98. The van der Waals surface area contributed by atoms with Crippen LogP contribution in [0.15, 0.2) is 18.2 Å². The normalized spacial score (nSPS) is 10.6. The van der Waals surface area contributed by atoms with Gasteiger partial charge in [0.25, 0.3) is 0 Å². The highest BCUT2D eigenvalue weighted by atomic mass is 19.3. The van der Waals surface area contributed by atoms with E-state index in [0.29, 0.717) is 0 Å². The van der Waals surface area contributed by atoms with E-state index in [2.05, 4.69) is 0 Å². The Kier molecular flexibility index (Phi) is 2.47. The molecule has 0 fully saturated rings. The number of phenols is 2. The van der Waals surface area contributed by atoms with Gasteiger partial charge in [0.2, 0.25) is 6.43 Å². The van der Waals surface area contributed by atoms with E-state index in [1.165, 1.54) is 18.2 Å². The van der Waals surface area contributed by atoms with Crippen LogP contribution in [0.4, 0.5) is 8.78 Å². The summed E-state index contributed by atoms with van der Waals surface area (Å²) >= 11 is 0. The molecule has 0 bridgehead atoms. The summed E-state index contributed by atoms with van der Waals surface area (Å²) in [4.78, 5) is 0. The molecule has 0 amide bonds. The Bertz CT molecular complexity index is 274. The Balaban J connectivity index is 2.92. The Morgan fingerprint density at radius 1 is 1.25 bits per heavy atom. The molecular weight excluding hydrogens is 166 g/mol. The van der Waals surface area contributed by atoms with Crippen molar-refractivity contribution in [2.75, 3.05) is 0 Å². The van der Waals surface area contributed by atoms with Crippen molar-refractivity contribution in [1.82, 2.24) is 0 Å². The second-order valence-corrected chi connectivity index (χ2v) is 2.38. The number of rotatable bonds is 2. The van der Waals surface area contributed by atoms with Crippen molar-refractivity contribution in [2.45, 2.75) is 12.8 Å². The van der Waals surface area contributed by atoms with E-state index in [1.54, 1.807) is 0 Å². The minimum atomic E-state index is -2.52. The van der Waals surface area contributed by atoms with Crippen LogP contribution in [0.25, 0.3) is 0 Å². The summed E-state index contributed by atoms with van der Waals surface area (Å²) < 4.78 is 23.7.